The second kappa shape index (κ2) is 4.45. The van der Waals surface area contributed by atoms with Gasteiger partial charge in [0.05, 0.1) is 12.6 Å². The maximum atomic E-state index is 10.1. The van der Waals surface area contributed by atoms with Gasteiger partial charge in [-0.25, -0.2) is 4.98 Å². The molecule has 1 N–H and O–H groups in total. The highest BCUT2D eigenvalue weighted by Gasteiger charge is 2.11. The molecule has 4 heteroatoms. The van der Waals surface area contributed by atoms with Crippen molar-refractivity contribution >= 4 is 0 Å². The number of aromatic nitrogens is 3. The molecular formula is C12H15N3O. The van der Waals surface area contributed by atoms with Crippen molar-refractivity contribution in [2.24, 2.45) is 0 Å². The summed E-state index contributed by atoms with van der Waals surface area (Å²) in [6.07, 6.45) is 2.53. The maximum Gasteiger partial charge on any atom is 0.137 e. The fraction of sp³-hybridized carbons (Fsp3) is 0.333. The molecule has 0 aliphatic rings. The van der Waals surface area contributed by atoms with E-state index in [2.05, 4.69) is 16.1 Å². The molecule has 0 radical (unpaired) electrons. The van der Waals surface area contributed by atoms with E-state index >= 15 is 0 Å². The first-order valence-corrected chi connectivity index (χ1v) is 5.24. The van der Waals surface area contributed by atoms with Gasteiger partial charge in [-0.05, 0) is 25.0 Å². The van der Waals surface area contributed by atoms with E-state index < -0.39 is 6.10 Å². The summed E-state index contributed by atoms with van der Waals surface area (Å²) in [4.78, 5) is 3.85. The number of aliphatic hydroxyl groups excluding tert-OH is 1. The van der Waals surface area contributed by atoms with Gasteiger partial charge in [-0.2, -0.15) is 5.10 Å². The van der Waals surface area contributed by atoms with E-state index in [0.717, 1.165) is 11.1 Å². The van der Waals surface area contributed by atoms with Crippen LogP contribution in [0.25, 0.3) is 0 Å². The summed E-state index contributed by atoms with van der Waals surface area (Å²) in [5, 5.41) is 14.0. The molecule has 0 fully saturated rings. The average molecular weight is 217 g/mol. The molecule has 0 amide bonds. The molecule has 1 atom stereocenters. The van der Waals surface area contributed by atoms with Gasteiger partial charge in [-0.1, -0.05) is 23.8 Å². The summed E-state index contributed by atoms with van der Waals surface area (Å²) in [7, 11) is 0. The van der Waals surface area contributed by atoms with Gasteiger partial charge < -0.3 is 5.11 Å². The Balaban J connectivity index is 2.17. The molecule has 0 aliphatic heterocycles. The number of benzene rings is 1. The first-order valence-electron chi connectivity index (χ1n) is 5.24. The summed E-state index contributed by atoms with van der Waals surface area (Å²) in [5.41, 5.74) is 3.25. The SMILES string of the molecule is Cc1ccc(C(O)Cn2cncn2)c(C)c1. The van der Waals surface area contributed by atoms with Gasteiger partial charge >= 0.3 is 0 Å². The standard InChI is InChI=1S/C12H15N3O/c1-9-3-4-11(10(2)5-9)12(16)6-15-8-13-7-14-15/h3-5,7-8,12,16H,6H2,1-2H3. The highest BCUT2D eigenvalue weighted by atomic mass is 16.3. The molecule has 0 aliphatic carbocycles. The number of hydrogen-bond donors (Lipinski definition) is 1. The number of aliphatic hydroxyl groups is 1. The molecular weight excluding hydrogens is 202 g/mol. The molecule has 84 valence electrons. The van der Waals surface area contributed by atoms with Crippen molar-refractivity contribution in [1.29, 1.82) is 0 Å². The lowest BCUT2D eigenvalue weighted by Gasteiger charge is -2.13. The van der Waals surface area contributed by atoms with E-state index in [1.807, 2.05) is 26.0 Å². The molecule has 4 nitrogen and oxygen atoms in total. The van der Waals surface area contributed by atoms with Gasteiger partial charge in [0.2, 0.25) is 0 Å². The fourth-order valence-electron chi connectivity index (χ4n) is 1.80. The van der Waals surface area contributed by atoms with Crippen molar-refractivity contribution < 1.29 is 5.11 Å². The Morgan fingerprint density at radius 2 is 2.19 bits per heavy atom. The molecule has 0 bridgehead atoms. The highest BCUT2D eigenvalue weighted by molar-refractivity contribution is 5.31. The van der Waals surface area contributed by atoms with Gasteiger partial charge in [0.1, 0.15) is 12.7 Å². The van der Waals surface area contributed by atoms with Crippen LogP contribution in [0.15, 0.2) is 30.9 Å². The Morgan fingerprint density at radius 3 is 2.81 bits per heavy atom. The van der Waals surface area contributed by atoms with E-state index in [1.165, 1.54) is 11.9 Å². The third-order valence-corrected chi connectivity index (χ3v) is 2.61. The van der Waals surface area contributed by atoms with E-state index in [1.54, 1.807) is 11.0 Å². The van der Waals surface area contributed by atoms with Crippen molar-refractivity contribution in [2.45, 2.75) is 26.5 Å². The molecule has 0 saturated carbocycles. The molecule has 2 rings (SSSR count). The molecule has 1 unspecified atom stereocenters. The predicted molar refractivity (Wildman–Crippen MR) is 60.9 cm³/mol. The van der Waals surface area contributed by atoms with Crippen LogP contribution in [0.4, 0.5) is 0 Å². The minimum Gasteiger partial charge on any atom is -0.386 e. The molecule has 0 saturated heterocycles. The second-order valence-corrected chi connectivity index (χ2v) is 3.99. The largest absolute Gasteiger partial charge is 0.386 e. The molecule has 1 aromatic heterocycles. The van der Waals surface area contributed by atoms with Crippen LogP contribution < -0.4 is 0 Å². The second-order valence-electron chi connectivity index (χ2n) is 3.99. The summed E-state index contributed by atoms with van der Waals surface area (Å²) >= 11 is 0. The molecule has 16 heavy (non-hydrogen) atoms. The van der Waals surface area contributed by atoms with Crippen molar-refractivity contribution in [1.82, 2.24) is 14.8 Å². The van der Waals surface area contributed by atoms with Crippen LogP contribution in [0.2, 0.25) is 0 Å². The summed E-state index contributed by atoms with van der Waals surface area (Å²) in [6.45, 7) is 4.48. The van der Waals surface area contributed by atoms with Crippen LogP contribution >= 0.6 is 0 Å². The van der Waals surface area contributed by atoms with Crippen molar-refractivity contribution in [3.8, 4) is 0 Å². The Bertz CT molecular complexity index is 465. The Hall–Kier alpha value is -1.68. The van der Waals surface area contributed by atoms with Crippen LogP contribution in [0.5, 0.6) is 0 Å². The van der Waals surface area contributed by atoms with E-state index in [0.29, 0.717) is 6.54 Å². The van der Waals surface area contributed by atoms with Crippen molar-refractivity contribution in [3.63, 3.8) is 0 Å². The van der Waals surface area contributed by atoms with Crippen LogP contribution in [-0.4, -0.2) is 19.9 Å². The minimum absolute atomic E-state index is 0.434. The Labute approximate surface area is 94.6 Å². The summed E-state index contributed by atoms with van der Waals surface area (Å²) in [6, 6.07) is 6.04. The van der Waals surface area contributed by atoms with Crippen LogP contribution in [0.1, 0.15) is 22.8 Å². The molecule has 2 aromatic rings. The summed E-state index contributed by atoms with van der Waals surface area (Å²) < 4.78 is 1.63. The fourth-order valence-corrected chi connectivity index (χ4v) is 1.80. The van der Waals surface area contributed by atoms with Crippen molar-refractivity contribution in [2.75, 3.05) is 0 Å². The molecule has 1 aromatic carbocycles. The summed E-state index contributed by atoms with van der Waals surface area (Å²) in [5.74, 6) is 0. The topological polar surface area (TPSA) is 50.9 Å². The van der Waals surface area contributed by atoms with E-state index in [-0.39, 0.29) is 0 Å². The zero-order chi connectivity index (χ0) is 11.5. The molecule has 1 heterocycles. The lowest BCUT2D eigenvalue weighted by atomic mass is 10.0. The Kier molecular flexibility index (Phi) is 3.01. The van der Waals surface area contributed by atoms with Crippen LogP contribution in [0, 0.1) is 13.8 Å². The zero-order valence-corrected chi connectivity index (χ0v) is 9.46. The number of nitrogens with zero attached hydrogens (tertiary/aromatic N) is 3. The van der Waals surface area contributed by atoms with Gasteiger partial charge in [0, 0.05) is 0 Å². The van der Waals surface area contributed by atoms with E-state index in [4.69, 9.17) is 0 Å². The zero-order valence-electron chi connectivity index (χ0n) is 9.46. The first kappa shape index (κ1) is 10.8. The number of hydrogen-bond acceptors (Lipinski definition) is 3. The Morgan fingerprint density at radius 1 is 1.38 bits per heavy atom. The molecule has 0 spiro atoms. The van der Waals surface area contributed by atoms with Crippen molar-refractivity contribution in [3.05, 3.63) is 47.5 Å². The number of rotatable bonds is 3. The lowest BCUT2D eigenvalue weighted by Crippen LogP contribution is -2.10. The monoisotopic (exact) mass is 217 g/mol. The van der Waals surface area contributed by atoms with Crippen LogP contribution in [0.3, 0.4) is 0 Å². The first-order chi connectivity index (χ1) is 7.66. The van der Waals surface area contributed by atoms with Gasteiger partial charge in [-0.3, -0.25) is 4.68 Å². The third kappa shape index (κ3) is 2.28. The average Bonchev–Trinajstić information content (AvgIpc) is 2.70. The van der Waals surface area contributed by atoms with Gasteiger partial charge in [-0.15, -0.1) is 0 Å². The maximum absolute atomic E-state index is 10.1. The smallest absolute Gasteiger partial charge is 0.137 e. The number of aryl methyl sites for hydroxylation is 2. The van der Waals surface area contributed by atoms with Gasteiger partial charge in [0.15, 0.2) is 0 Å². The van der Waals surface area contributed by atoms with Gasteiger partial charge in [0.25, 0.3) is 0 Å². The highest BCUT2D eigenvalue weighted by Crippen LogP contribution is 2.19. The quantitative estimate of drug-likeness (QED) is 0.850. The third-order valence-electron chi connectivity index (χ3n) is 2.61. The minimum atomic E-state index is -0.540. The predicted octanol–water partition coefficient (Wildman–Crippen LogP) is 1.63. The van der Waals surface area contributed by atoms with Crippen LogP contribution in [-0.2, 0) is 6.54 Å². The lowest BCUT2D eigenvalue weighted by molar-refractivity contribution is 0.150. The normalized spacial score (nSPS) is 12.7. The van der Waals surface area contributed by atoms with E-state index in [9.17, 15) is 5.11 Å².